The third-order valence-electron chi connectivity index (χ3n) is 1.13. The Morgan fingerprint density at radius 2 is 1.70 bits per heavy atom. The summed E-state index contributed by atoms with van der Waals surface area (Å²) in [4.78, 5) is 1.21. The molecule has 0 atom stereocenters. The third kappa shape index (κ3) is 3.96. The number of rotatable bonds is 2. The first-order valence-electron chi connectivity index (χ1n) is 3.38. The average molecular weight is 159 g/mol. The van der Waals surface area contributed by atoms with Crippen molar-refractivity contribution in [3.05, 3.63) is 11.5 Å². The lowest BCUT2D eigenvalue weighted by molar-refractivity contribution is 0.530. The maximum absolute atomic E-state index is 3.99. The minimum absolute atomic E-state index is 0.217. The largest absolute Gasteiger partial charge is 0.253 e. The molecule has 0 aromatic heterocycles. The van der Waals surface area contributed by atoms with Crippen LogP contribution in [-0.4, -0.2) is 18.4 Å². The zero-order chi connectivity index (χ0) is 8.36. The van der Waals surface area contributed by atoms with Crippen LogP contribution in [0.15, 0.2) is 11.5 Å². The van der Waals surface area contributed by atoms with E-state index in [2.05, 4.69) is 31.7 Å². The molecule has 0 radical (unpaired) electrons. The highest BCUT2D eigenvalue weighted by Gasteiger charge is 2.15. The third-order valence-corrected chi connectivity index (χ3v) is 2.33. The minimum Gasteiger partial charge on any atom is -0.253 e. The lowest BCUT2D eigenvalue weighted by Gasteiger charge is -2.23. The smallest absolute Gasteiger partial charge is 0.00129 e. The SMILES string of the molecule is C=C(SN(C)C)C(C)(C)C. The van der Waals surface area contributed by atoms with Gasteiger partial charge in [0.1, 0.15) is 0 Å². The molecule has 1 nitrogen and oxygen atoms in total. The minimum atomic E-state index is 0.217. The lowest BCUT2D eigenvalue weighted by Crippen LogP contribution is -2.10. The van der Waals surface area contributed by atoms with Crippen LogP contribution in [0.3, 0.4) is 0 Å². The fraction of sp³-hybridized carbons (Fsp3) is 0.750. The molecular weight excluding hydrogens is 142 g/mol. The summed E-state index contributed by atoms with van der Waals surface area (Å²) in [6.07, 6.45) is 0. The van der Waals surface area contributed by atoms with E-state index in [0.717, 1.165) is 0 Å². The second-order valence-corrected chi connectivity index (χ2v) is 4.98. The lowest BCUT2D eigenvalue weighted by atomic mass is 9.97. The molecule has 0 bridgehead atoms. The Hall–Kier alpha value is 0.0500. The molecule has 0 heterocycles. The van der Waals surface area contributed by atoms with E-state index in [1.807, 2.05) is 14.1 Å². The highest BCUT2D eigenvalue weighted by molar-refractivity contribution is 8.00. The van der Waals surface area contributed by atoms with Crippen LogP contribution in [0.1, 0.15) is 20.8 Å². The molecule has 0 aliphatic rings. The summed E-state index contributed by atoms with van der Waals surface area (Å²) in [6.45, 7) is 10.5. The summed E-state index contributed by atoms with van der Waals surface area (Å²) >= 11 is 1.70. The van der Waals surface area contributed by atoms with Gasteiger partial charge in [0.25, 0.3) is 0 Å². The van der Waals surface area contributed by atoms with Gasteiger partial charge in [-0.25, -0.2) is 0 Å². The van der Waals surface area contributed by atoms with Gasteiger partial charge in [0.15, 0.2) is 0 Å². The van der Waals surface area contributed by atoms with E-state index in [0.29, 0.717) is 0 Å². The molecule has 0 fully saturated rings. The normalized spacial score (nSPS) is 12.2. The zero-order valence-electron chi connectivity index (χ0n) is 7.56. The van der Waals surface area contributed by atoms with Crippen LogP contribution in [0.5, 0.6) is 0 Å². The molecule has 0 aromatic carbocycles. The standard InChI is InChI=1S/C8H17NS/c1-7(8(2,3)4)10-9(5)6/h1H2,2-6H3. The predicted octanol–water partition coefficient (Wildman–Crippen LogP) is 2.76. The fourth-order valence-corrected chi connectivity index (χ4v) is 1.07. The Balaban J connectivity index is 3.87. The van der Waals surface area contributed by atoms with Gasteiger partial charge in [0, 0.05) is 0 Å². The average Bonchev–Trinajstić information content (AvgIpc) is 1.60. The number of nitrogens with zero attached hydrogens (tertiary/aromatic N) is 1. The van der Waals surface area contributed by atoms with Crippen molar-refractivity contribution < 1.29 is 0 Å². The summed E-state index contributed by atoms with van der Waals surface area (Å²) in [7, 11) is 4.06. The number of allylic oxidation sites excluding steroid dienone is 1. The molecule has 0 N–H and O–H groups in total. The molecule has 60 valence electrons. The van der Waals surface area contributed by atoms with Gasteiger partial charge in [0.2, 0.25) is 0 Å². The van der Waals surface area contributed by atoms with E-state index < -0.39 is 0 Å². The first-order chi connectivity index (χ1) is 4.34. The first kappa shape index (κ1) is 10.0. The van der Waals surface area contributed by atoms with E-state index >= 15 is 0 Å². The summed E-state index contributed by atoms with van der Waals surface area (Å²) < 4.78 is 2.06. The van der Waals surface area contributed by atoms with Gasteiger partial charge < -0.3 is 0 Å². The topological polar surface area (TPSA) is 3.24 Å². The van der Waals surface area contributed by atoms with Crippen molar-refractivity contribution >= 4 is 11.9 Å². The van der Waals surface area contributed by atoms with Crippen molar-refractivity contribution in [3.63, 3.8) is 0 Å². The first-order valence-corrected chi connectivity index (χ1v) is 4.16. The summed E-state index contributed by atoms with van der Waals surface area (Å²) in [5, 5.41) is 0. The van der Waals surface area contributed by atoms with Crippen molar-refractivity contribution in [3.8, 4) is 0 Å². The quantitative estimate of drug-likeness (QED) is 0.570. The Morgan fingerprint density at radius 3 is 1.80 bits per heavy atom. The van der Waals surface area contributed by atoms with Crippen molar-refractivity contribution in [2.45, 2.75) is 20.8 Å². The van der Waals surface area contributed by atoms with Gasteiger partial charge in [-0.05, 0) is 36.4 Å². The van der Waals surface area contributed by atoms with Gasteiger partial charge in [-0.1, -0.05) is 27.4 Å². The van der Waals surface area contributed by atoms with E-state index in [-0.39, 0.29) is 5.41 Å². The highest BCUT2D eigenvalue weighted by atomic mass is 32.2. The molecule has 0 saturated carbocycles. The van der Waals surface area contributed by atoms with Crippen LogP contribution in [-0.2, 0) is 0 Å². The molecule has 0 amide bonds. The van der Waals surface area contributed by atoms with Gasteiger partial charge in [-0.15, -0.1) is 0 Å². The van der Waals surface area contributed by atoms with Gasteiger partial charge in [-0.2, -0.15) is 0 Å². The van der Waals surface area contributed by atoms with Crippen LogP contribution in [0.25, 0.3) is 0 Å². The maximum atomic E-state index is 3.99. The predicted molar refractivity (Wildman–Crippen MR) is 49.9 cm³/mol. The van der Waals surface area contributed by atoms with Crippen molar-refractivity contribution in [1.82, 2.24) is 4.31 Å². The monoisotopic (exact) mass is 159 g/mol. The van der Waals surface area contributed by atoms with E-state index in [1.165, 1.54) is 4.91 Å². The Labute approximate surface area is 68.6 Å². The molecule has 0 spiro atoms. The molecular formula is C8H17NS. The van der Waals surface area contributed by atoms with Crippen LogP contribution in [0.4, 0.5) is 0 Å². The van der Waals surface area contributed by atoms with Crippen molar-refractivity contribution in [1.29, 1.82) is 0 Å². The van der Waals surface area contributed by atoms with Gasteiger partial charge in [0.05, 0.1) is 0 Å². The van der Waals surface area contributed by atoms with Crippen LogP contribution in [0.2, 0.25) is 0 Å². The second kappa shape index (κ2) is 3.44. The molecule has 0 aliphatic carbocycles. The van der Waals surface area contributed by atoms with Crippen LogP contribution in [0, 0.1) is 5.41 Å². The molecule has 10 heavy (non-hydrogen) atoms. The Kier molecular flexibility index (Phi) is 3.46. The van der Waals surface area contributed by atoms with E-state index in [4.69, 9.17) is 0 Å². The molecule has 2 heteroatoms. The van der Waals surface area contributed by atoms with Gasteiger partial charge in [-0.3, -0.25) is 4.31 Å². The maximum Gasteiger partial charge on any atom is -0.00129 e. The Bertz CT molecular complexity index is 122. The summed E-state index contributed by atoms with van der Waals surface area (Å²) in [6, 6.07) is 0. The number of hydrogen-bond donors (Lipinski definition) is 0. The van der Waals surface area contributed by atoms with Crippen molar-refractivity contribution in [2.75, 3.05) is 14.1 Å². The van der Waals surface area contributed by atoms with Crippen molar-refractivity contribution in [2.24, 2.45) is 5.41 Å². The summed E-state index contributed by atoms with van der Waals surface area (Å²) in [5.74, 6) is 0. The molecule has 0 rings (SSSR count). The fourth-order valence-electron chi connectivity index (χ4n) is 0.357. The molecule has 0 saturated heterocycles. The molecule has 0 aromatic rings. The number of hydrogen-bond acceptors (Lipinski definition) is 2. The molecule has 0 aliphatic heterocycles. The van der Waals surface area contributed by atoms with Crippen LogP contribution >= 0.6 is 11.9 Å². The highest BCUT2D eigenvalue weighted by Crippen LogP contribution is 2.33. The Morgan fingerprint density at radius 1 is 1.30 bits per heavy atom. The van der Waals surface area contributed by atoms with E-state index in [9.17, 15) is 0 Å². The van der Waals surface area contributed by atoms with Gasteiger partial charge >= 0.3 is 0 Å². The second-order valence-electron chi connectivity index (χ2n) is 3.58. The van der Waals surface area contributed by atoms with Crippen LogP contribution < -0.4 is 0 Å². The molecule has 0 unspecified atom stereocenters. The van der Waals surface area contributed by atoms with E-state index in [1.54, 1.807) is 11.9 Å². The zero-order valence-corrected chi connectivity index (χ0v) is 8.38. The summed E-state index contributed by atoms with van der Waals surface area (Å²) in [5.41, 5.74) is 0.217.